The molecule has 0 aliphatic carbocycles. The summed E-state index contributed by atoms with van der Waals surface area (Å²) in [7, 11) is 3.00. The number of nitrogens with one attached hydrogen (secondary N) is 3. The van der Waals surface area contributed by atoms with Crippen molar-refractivity contribution in [1.82, 2.24) is 20.9 Å². The van der Waals surface area contributed by atoms with Gasteiger partial charge in [0.1, 0.15) is 36.9 Å². The van der Waals surface area contributed by atoms with E-state index in [0.29, 0.717) is 59.2 Å². The molecule has 4 atom stereocenters. The highest BCUT2D eigenvalue weighted by molar-refractivity contribution is 6.00. The standard InChI is InChI=1S/C46H62N4O10.C15H15NO4.2ClH/c1-32-21-23-41(24-22-32)60-30-38(51)28-47-25-12-11-17-36(48-29-39(52)31-59-40-19-9-6-10-20-40)16-8-7-13-26-58-46(54)43-34(3)49(4)33(2)42(45(53)57-5)44(43)35-15-14-18-37(27-35)50(55)56;1-8-11(14(17)18)13(10-6-4-3-5-7-10)12(15(19)20)9(2)16-8;;/h6,9-10,14-15,18-24,27,36,38-39,44,47-48,51-52H,7-8,11-13,16-17,25-26,28-31H2,1-5H3;3-7,13,16H,1-2H3,(H,17,18)(H,19,20);2*1H. The van der Waals surface area contributed by atoms with Gasteiger partial charge in [0.25, 0.3) is 5.69 Å². The second-order valence-electron chi connectivity index (χ2n) is 19.8. The number of aliphatic carboxylic acids is 2. The molecule has 82 heavy (non-hydrogen) atoms. The first-order chi connectivity index (χ1) is 38.3. The normalized spacial score (nSPS) is 15.4. The SMILES string of the molecule is CC1=C(C(=O)O)C(c2ccccc2)C(C(=O)O)=C(C)N1.COC(=O)C1=C(C)N(C)C(C)=C(C(=O)OCCCCCC(CCCCNCC(O)COc2ccc(C)cc2)NCC(O)COc2ccccc2)C1c1cccc([N+](=O)[O-])c1.Cl.Cl. The van der Waals surface area contributed by atoms with Gasteiger partial charge in [-0.3, -0.25) is 10.1 Å². The second kappa shape index (κ2) is 34.9. The molecule has 4 aromatic carbocycles. The number of aliphatic hydroxyl groups excluding tert-OH is 2. The van der Waals surface area contributed by atoms with Gasteiger partial charge >= 0.3 is 23.9 Å². The molecule has 7 N–H and O–H groups in total. The molecule has 4 aromatic rings. The summed E-state index contributed by atoms with van der Waals surface area (Å²) in [5, 5.41) is 61.2. The summed E-state index contributed by atoms with van der Waals surface area (Å²) < 4.78 is 22.3. The Morgan fingerprint density at radius 3 is 1.72 bits per heavy atom. The Hall–Kier alpha value is -7.26. The van der Waals surface area contributed by atoms with Gasteiger partial charge in [-0.25, -0.2) is 19.2 Å². The van der Waals surface area contributed by atoms with Gasteiger partial charge in [-0.1, -0.05) is 97.6 Å². The first-order valence-corrected chi connectivity index (χ1v) is 26.8. The Bertz CT molecular complexity index is 2830. The number of rotatable bonds is 29. The van der Waals surface area contributed by atoms with E-state index in [1.54, 1.807) is 76.0 Å². The van der Waals surface area contributed by atoms with Crippen LogP contribution in [0, 0.1) is 17.0 Å². The number of halogens is 2. The number of unbranched alkanes of at least 4 members (excludes halogenated alkanes) is 3. The third-order valence-electron chi connectivity index (χ3n) is 14.0. The van der Waals surface area contributed by atoms with E-state index in [1.807, 2.05) is 61.5 Å². The molecule has 0 bridgehead atoms. The van der Waals surface area contributed by atoms with E-state index in [9.17, 15) is 49.7 Å². The molecule has 0 spiro atoms. The minimum absolute atomic E-state index is 0. The summed E-state index contributed by atoms with van der Waals surface area (Å²) in [6.45, 7) is 10.9. The highest BCUT2D eigenvalue weighted by atomic mass is 35.5. The van der Waals surface area contributed by atoms with Gasteiger partial charge < -0.3 is 60.2 Å². The topological polar surface area (TPSA) is 269 Å². The molecule has 0 amide bonds. The quantitative estimate of drug-likeness (QED) is 0.0115. The third kappa shape index (κ3) is 20.3. The molecule has 21 heteroatoms. The number of non-ortho nitro benzene ring substituents is 1. The summed E-state index contributed by atoms with van der Waals surface area (Å²) >= 11 is 0. The molecule has 2 aliphatic heterocycles. The number of benzene rings is 4. The number of carbonyl (C=O) groups excluding carboxylic acids is 2. The number of methoxy groups -OCH3 is 1. The summed E-state index contributed by atoms with van der Waals surface area (Å²) in [6, 6.07) is 32.0. The Labute approximate surface area is 492 Å². The predicted molar refractivity (Wildman–Crippen MR) is 317 cm³/mol. The van der Waals surface area contributed by atoms with E-state index < -0.39 is 52.8 Å². The molecule has 0 fully saturated rings. The number of esters is 2. The first-order valence-electron chi connectivity index (χ1n) is 26.8. The van der Waals surface area contributed by atoms with E-state index in [1.165, 1.54) is 25.3 Å². The summed E-state index contributed by atoms with van der Waals surface area (Å²) in [6.07, 6.45) is 4.50. The van der Waals surface area contributed by atoms with Gasteiger partial charge in [-0.15, -0.1) is 24.8 Å². The zero-order chi connectivity index (χ0) is 58.3. The van der Waals surface area contributed by atoms with Crippen LogP contribution in [-0.4, -0.2) is 126 Å². The van der Waals surface area contributed by atoms with E-state index in [4.69, 9.17) is 18.9 Å². The molecular formula is C61H79Cl2N5O14. The lowest BCUT2D eigenvalue weighted by atomic mass is 9.79. The molecule has 6 rings (SSSR count). The van der Waals surface area contributed by atoms with Crippen LogP contribution in [0.2, 0.25) is 0 Å². The van der Waals surface area contributed by atoms with Crippen LogP contribution in [0.4, 0.5) is 5.69 Å². The summed E-state index contributed by atoms with van der Waals surface area (Å²) in [5.41, 5.74) is 4.71. The number of carbonyl (C=O) groups is 4. The minimum Gasteiger partial charge on any atom is -0.491 e. The predicted octanol–water partition coefficient (Wildman–Crippen LogP) is 9.29. The zero-order valence-electron chi connectivity index (χ0n) is 47.6. The fourth-order valence-corrected chi connectivity index (χ4v) is 9.63. The molecule has 446 valence electrons. The number of nitro groups is 1. The van der Waals surface area contributed by atoms with Gasteiger partial charge in [-0.05, 0) is 102 Å². The van der Waals surface area contributed by atoms with Gasteiger partial charge in [0, 0.05) is 61.1 Å². The van der Waals surface area contributed by atoms with Crippen molar-refractivity contribution in [1.29, 1.82) is 0 Å². The molecule has 0 radical (unpaired) electrons. The zero-order valence-corrected chi connectivity index (χ0v) is 49.2. The van der Waals surface area contributed by atoms with E-state index in [0.717, 1.165) is 56.4 Å². The van der Waals surface area contributed by atoms with Crippen molar-refractivity contribution in [2.45, 2.75) is 110 Å². The lowest BCUT2D eigenvalue weighted by Gasteiger charge is -2.35. The van der Waals surface area contributed by atoms with Crippen molar-refractivity contribution in [2.24, 2.45) is 0 Å². The number of ether oxygens (including phenoxy) is 4. The maximum absolute atomic E-state index is 13.8. The molecular weight excluding hydrogens is 1100 g/mol. The Morgan fingerprint density at radius 2 is 1.16 bits per heavy atom. The van der Waals surface area contributed by atoms with E-state index in [-0.39, 0.29) is 78.7 Å². The number of para-hydroxylation sites is 1. The number of carboxylic acids is 2. The van der Waals surface area contributed by atoms with Crippen molar-refractivity contribution in [3.05, 3.63) is 181 Å². The van der Waals surface area contributed by atoms with Crippen LogP contribution >= 0.6 is 24.8 Å². The first kappa shape index (κ1) is 69.0. The molecule has 19 nitrogen and oxygen atoms in total. The van der Waals surface area contributed by atoms with Gasteiger partial charge in [0.2, 0.25) is 0 Å². The summed E-state index contributed by atoms with van der Waals surface area (Å²) in [5.74, 6) is -3.73. The van der Waals surface area contributed by atoms with E-state index >= 15 is 0 Å². The highest BCUT2D eigenvalue weighted by Gasteiger charge is 2.40. The van der Waals surface area contributed by atoms with Crippen molar-refractivity contribution >= 4 is 54.4 Å². The van der Waals surface area contributed by atoms with Crippen LogP contribution in [0.15, 0.2) is 154 Å². The highest BCUT2D eigenvalue weighted by Crippen LogP contribution is 2.43. The molecule has 2 aliphatic rings. The van der Waals surface area contributed by atoms with Gasteiger partial charge in [0.05, 0.1) is 52.8 Å². The van der Waals surface area contributed by atoms with Gasteiger partial charge in [-0.2, -0.15) is 0 Å². The lowest BCUT2D eigenvalue weighted by Crippen LogP contribution is -2.38. The van der Waals surface area contributed by atoms with Crippen LogP contribution in [0.25, 0.3) is 0 Å². The maximum Gasteiger partial charge on any atom is 0.336 e. The van der Waals surface area contributed by atoms with Crippen LogP contribution < -0.4 is 25.4 Å². The van der Waals surface area contributed by atoms with Crippen LogP contribution in [-0.2, 0) is 28.7 Å². The third-order valence-corrected chi connectivity index (χ3v) is 14.0. The Morgan fingerprint density at radius 1 is 0.646 bits per heavy atom. The molecule has 2 heterocycles. The van der Waals surface area contributed by atoms with E-state index in [2.05, 4.69) is 16.0 Å². The van der Waals surface area contributed by atoms with Crippen molar-refractivity contribution in [2.75, 3.05) is 53.6 Å². The van der Waals surface area contributed by atoms with Crippen molar-refractivity contribution in [3.8, 4) is 11.5 Å². The minimum atomic E-state index is -1.12. The molecule has 0 aromatic heterocycles. The number of aliphatic hydroxyl groups is 2. The Kier molecular flexibility index (Phi) is 29.4. The maximum atomic E-state index is 13.8. The molecule has 0 saturated carbocycles. The number of hydrogen-bond donors (Lipinski definition) is 7. The van der Waals surface area contributed by atoms with Crippen LogP contribution in [0.3, 0.4) is 0 Å². The number of carboxylic acid groups (broad SMARTS) is 2. The lowest BCUT2D eigenvalue weighted by molar-refractivity contribution is -0.384. The molecule has 4 unspecified atom stereocenters. The number of dihydropyridines is 1. The number of hydrogen-bond acceptors (Lipinski definition) is 16. The number of nitro benzene ring substituents is 1. The van der Waals surface area contributed by atoms with Crippen molar-refractivity contribution < 1.29 is 63.5 Å². The summed E-state index contributed by atoms with van der Waals surface area (Å²) in [4.78, 5) is 62.8. The van der Waals surface area contributed by atoms with Gasteiger partial charge in [0.15, 0.2) is 0 Å². The molecule has 0 saturated heterocycles. The smallest absolute Gasteiger partial charge is 0.336 e. The average molecular weight is 1180 g/mol. The number of nitrogens with zero attached hydrogens (tertiary/aromatic N) is 2. The number of aryl methyl sites for hydroxylation is 1. The number of allylic oxidation sites excluding steroid dienone is 4. The fraction of sp³-hybridized carbons (Fsp3) is 0.410. The Balaban J connectivity index is 0.000000672. The largest absolute Gasteiger partial charge is 0.491 e. The monoisotopic (exact) mass is 1180 g/mol. The fourth-order valence-electron chi connectivity index (χ4n) is 9.63. The van der Waals surface area contributed by atoms with Crippen molar-refractivity contribution in [3.63, 3.8) is 0 Å². The average Bonchev–Trinajstić information content (AvgIpc) is 3.58. The van der Waals surface area contributed by atoms with Crippen LogP contribution in [0.1, 0.15) is 101 Å². The van der Waals surface area contributed by atoms with Crippen LogP contribution in [0.5, 0.6) is 11.5 Å². The second-order valence-corrected chi connectivity index (χ2v) is 19.8.